The zero-order chi connectivity index (χ0) is 21.1. The second kappa shape index (κ2) is 8.45. The van der Waals surface area contributed by atoms with Gasteiger partial charge in [-0.2, -0.15) is 0 Å². The number of benzene rings is 2. The van der Waals surface area contributed by atoms with Gasteiger partial charge < -0.3 is 19.4 Å². The summed E-state index contributed by atoms with van der Waals surface area (Å²) in [6, 6.07) is 15.4. The standard InChI is InChI=1S/C24H24N2O4/c1-3-30-24(28)20-15-26(22(27)14-16-7-6-8-17(13-16)29-2)12-11-19-18-9-4-5-10-21(18)25-23(19)20/h4-10,13,15,25H,3,11-12,14H2,1-2H3. The molecule has 2 aromatic carbocycles. The van der Waals surface area contributed by atoms with Crippen molar-refractivity contribution >= 4 is 28.4 Å². The van der Waals surface area contributed by atoms with Gasteiger partial charge in [0.05, 0.1) is 31.4 Å². The van der Waals surface area contributed by atoms with Gasteiger partial charge in [-0.05, 0) is 42.7 Å². The van der Waals surface area contributed by atoms with Gasteiger partial charge in [0.25, 0.3) is 0 Å². The number of hydrogen-bond acceptors (Lipinski definition) is 4. The van der Waals surface area contributed by atoms with Crippen LogP contribution in [0.2, 0.25) is 0 Å². The van der Waals surface area contributed by atoms with Gasteiger partial charge in [-0.15, -0.1) is 0 Å². The van der Waals surface area contributed by atoms with Crippen LogP contribution in [0.15, 0.2) is 54.7 Å². The Balaban J connectivity index is 1.68. The summed E-state index contributed by atoms with van der Waals surface area (Å²) in [5, 5.41) is 1.06. The van der Waals surface area contributed by atoms with Crippen molar-refractivity contribution in [3.05, 3.63) is 71.6 Å². The Hall–Kier alpha value is -3.54. The average Bonchev–Trinajstić information content (AvgIpc) is 3.01. The summed E-state index contributed by atoms with van der Waals surface area (Å²) in [7, 11) is 1.60. The summed E-state index contributed by atoms with van der Waals surface area (Å²) < 4.78 is 10.5. The van der Waals surface area contributed by atoms with E-state index in [-0.39, 0.29) is 18.9 Å². The molecule has 0 bridgehead atoms. The van der Waals surface area contributed by atoms with E-state index in [2.05, 4.69) is 4.98 Å². The first kappa shape index (κ1) is 19.8. The number of ether oxygens (including phenoxy) is 2. The molecule has 1 N–H and O–H groups in total. The van der Waals surface area contributed by atoms with Gasteiger partial charge in [0.2, 0.25) is 5.91 Å². The van der Waals surface area contributed by atoms with E-state index in [4.69, 9.17) is 9.47 Å². The second-order valence-electron chi connectivity index (χ2n) is 7.15. The summed E-state index contributed by atoms with van der Waals surface area (Å²) in [6.07, 6.45) is 2.49. The molecule has 4 rings (SSSR count). The molecule has 0 atom stereocenters. The van der Waals surface area contributed by atoms with Crippen molar-refractivity contribution in [2.24, 2.45) is 0 Å². The Labute approximate surface area is 175 Å². The molecule has 0 radical (unpaired) electrons. The SMILES string of the molecule is CCOC(=O)C1=CN(C(=O)Cc2cccc(OC)c2)CCc2c1[nH]c1ccccc21. The van der Waals surface area contributed by atoms with Crippen LogP contribution in [0, 0.1) is 0 Å². The lowest BCUT2D eigenvalue weighted by atomic mass is 10.0. The molecule has 0 saturated heterocycles. The van der Waals surface area contributed by atoms with Gasteiger partial charge >= 0.3 is 5.97 Å². The molecular formula is C24H24N2O4. The summed E-state index contributed by atoms with van der Waals surface area (Å²) in [6.45, 7) is 2.52. The van der Waals surface area contributed by atoms with Crippen LogP contribution in [-0.4, -0.2) is 42.0 Å². The highest BCUT2D eigenvalue weighted by Gasteiger charge is 2.27. The van der Waals surface area contributed by atoms with E-state index in [1.165, 1.54) is 0 Å². The van der Waals surface area contributed by atoms with Gasteiger partial charge in [0, 0.05) is 23.6 Å². The number of aromatic amines is 1. The van der Waals surface area contributed by atoms with Gasteiger partial charge in [-0.1, -0.05) is 30.3 Å². The quantitative estimate of drug-likeness (QED) is 0.658. The third kappa shape index (κ3) is 3.81. The number of carbonyl (C=O) groups excluding carboxylic acids is 2. The van der Waals surface area contributed by atoms with Crippen molar-refractivity contribution < 1.29 is 19.1 Å². The Morgan fingerprint density at radius 1 is 1.13 bits per heavy atom. The molecule has 2 heterocycles. The van der Waals surface area contributed by atoms with Crippen LogP contribution < -0.4 is 4.74 Å². The molecular weight excluding hydrogens is 380 g/mol. The second-order valence-corrected chi connectivity index (χ2v) is 7.15. The molecule has 3 aromatic rings. The van der Waals surface area contributed by atoms with Gasteiger partial charge in [-0.3, -0.25) is 4.79 Å². The number of hydrogen-bond donors (Lipinski definition) is 1. The van der Waals surface area contributed by atoms with E-state index in [1.807, 2.05) is 48.5 Å². The number of nitrogens with one attached hydrogen (secondary N) is 1. The minimum Gasteiger partial charge on any atom is -0.497 e. The molecule has 6 nitrogen and oxygen atoms in total. The summed E-state index contributed by atoms with van der Waals surface area (Å²) in [5.74, 6) is 0.186. The lowest BCUT2D eigenvalue weighted by molar-refractivity contribution is -0.136. The minimum absolute atomic E-state index is 0.0838. The summed E-state index contributed by atoms with van der Waals surface area (Å²) >= 11 is 0. The Morgan fingerprint density at radius 2 is 1.97 bits per heavy atom. The molecule has 30 heavy (non-hydrogen) atoms. The maximum Gasteiger partial charge on any atom is 0.341 e. The van der Waals surface area contributed by atoms with E-state index in [9.17, 15) is 9.59 Å². The van der Waals surface area contributed by atoms with Crippen LogP contribution in [0.1, 0.15) is 23.7 Å². The van der Waals surface area contributed by atoms with E-state index in [0.717, 1.165) is 27.7 Å². The number of fused-ring (bicyclic) bond motifs is 3. The Morgan fingerprint density at radius 3 is 2.77 bits per heavy atom. The number of para-hydroxylation sites is 1. The maximum atomic E-state index is 13.1. The van der Waals surface area contributed by atoms with Gasteiger partial charge in [0.1, 0.15) is 5.75 Å². The van der Waals surface area contributed by atoms with Crippen LogP contribution in [0.5, 0.6) is 5.75 Å². The molecule has 0 spiro atoms. The van der Waals surface area contributed by atoms with Gasteiger partial charge in [-0.25, -0.2) is 4.79 Å². The topological polar surface area (TPSA) is 71.6 Å². The van der Waals surface area contributed by atoms with Crippen LogP contribution in [0.25, 0.3) is 16.5 Å². The maximum absolute atomic E-state index is 13.1. The minimum atomic E-state index is -0.439. The predicted molar refractivity (Wildman–Crippen MR) is 115 cm³/mol. The molecule has 1 aliphatic rings. The van der Waals surface area contributed by atoms with Crippen LogP contribution in [0.3, 0.4) is 0 Å². The fraction of sp³-hybridized carbons (Fsp3) is 0.250. The zero-order valence-corrected chi connectivity index (χ0v) is 17.1. The summed E-state index contributed by atoms with van der Waals surface area (Å²) in [4.78, 5) is 30.8. The van der Waals surface area contributed by atoms with E-state index < -0.39 is 5.97 Å². The third-order valence-electron chi connectivity index (χ3n) is 5.28. The highest BCUT2D eigenvalue weighted by molar-refractivity contribution is 6.18. The predicted octanol–water partition coefficient (Wildman–Crippen LogP) is 3.71. The number of amides is 1. The first-order valence-electron chi connectivity index (χ1n) is 10.0. The van der Waals surface area contributed by atoms with Crippen LogP contribution in [0.4, 0.5) is 0 Å². The average molecular weight is 404 g/mol. The molecule has 0 saturated carbocycles. The lowest BCUT2D eigenvalue weighted by Crippen LogP contribution is -2.29. The monoisotopic (exact) mass is 404 g/mol. The molecule has 154 valence electrons. The van der Waals surface area contributed by atoms with Crippen molar-refractivity contribution in [2.75, 3.05) is 20.3 Å². The highest BCUT2D eigenvalue weighted by Crippen LogP contribution is 2.31. The number of esters is 1. The molecule has 0 fully saturated rings. The normalized spacial score (nSPS) is 13.4. The first-order valence-corrected chi connectivity index (χ1v) is 10.0. The number of carbonyl (C=O) groups is 2. The summed E-state index contributed by atoms with van der Waals surface area (Å²) in [5.41, 5.74) is 3.96. The van der Waals surface area contributed by atoms with E-state index >= 15 is 0 Å². The molecule has 1 aromatic heterocycles. The van der Waals surface area contributed by atoms with Crippen LogP contribution >= 0.6 is 0 Å². The zero-order valence-electron chi connectivity index (χ0n) is 17.1. The number of methoxy groups -OCH3 is 1. The van der Waals surface area contributed by atoms with E-state index in [1.54, 1.807) is 25.1 Å². The smallest absolute Gasteiger partial charge is 0.341 e. The van der Waals surface area contributed by atoms with Crippen molar-refractivity contribution in [3.63, 3.8) is 0 Å². The molecule has 6 heteroatoms. The Kier molecular flexibility index (Phi) is 5.57. The molecule has 0 unspecified atom stereocenters. The third-order valence-corrected chi connectivity index (χ3v) is 5.28. The van der Waals surface area contributed by atoms with E-state index in [0.29, 0.717) is 24.3 Å². The number of nitrogens with zero attached hydrogens (tertiary/aromatic N) is 1. The molecule has 1 aliphatic heterocycles. The fourth-order valence-electron chi connectivity index (χ4n) is 3.83. The fourth-order valence-corrected chi connectivity index (χ4v) is 3.83. The van der Waals surface area contributed by atoms with Crippen molar-refractivity contribution in [1.82, 2.24) is 9.88 Å². The molecule has 0 aliphatic carbocycles. The lowest BCUT2D eigenvalue weighted by Gasteiger charge is -2.18. The number of rotatable bonds is 5. The van der Waals surface area contributed by atoms with Crippen LogP contribution in [-0.2, 0) is 27.2 Å². The molecule has 1 amide bonds. The van der Waals surface area contributed by atoms with Gasteiger partial charge in [0.15, 0.2) is 0 Å². The highest BCUT2D eigenvalue weighted by atomic mass is 16.5. The Bertz CT molecular complexity index is 1130. The first-order chi connectivity index (χ1) is 14.6. The largest absolute Gasteiger partial charge is 0.497 e. The number of aromatic nitrogens is 1. The number of H-pyrrole nitrogens is 1. The van der Waals surface area contributed by atoms with Crippen molar-refractivity contribution in [1.29, 1.82) is 0 Å². The van der Waals surface area contributed by atoms with Crippen molar-refractivity contribution in [2.45, 2.75) is 19.8 Å². The van der Waals surface area contributed by atoms with Crippen molar-refractivity contribution in [3.8, 4) is 5.75 Å².